The van der Waals surface area contributed by atoms with Crippen LogP contribution in [-0.2, 0) is 9.53 Å². The van der Waals surface area contributed by atoms with Gasteiger partial charge in [0.05, 0.1) is 20.3 Å². The lowest BCUT2D eigenvalue weighted by Gasteiger charge is -2.36. The highest BCUT2D eigenvalue weighted by atomic mass is 127. The first-order chi connectivity index (χ1) is 14.6. The SMILES string of the molecule is CN=C(NCCC(C)c1ccc(OC)cc1)N1CCN(CC(=O)NCCOC)CC1.I. The lowest BCUT2D eigenvalue weighted by Crippen LogP contribution is -2.54. The molecule has 1 unspecified atom stereocenters. The maximum atomic E-state index is 12.0. The van der Waals surface area contributed by atoms with Gasteiger partial charge in [-0.2, -0.15) is 0 Å². The normalized spacial score (nSPS) is 15.7. The predicted octanol–water partition coefficient (Wildman–Crippen LogP) is 1.76. The van der Waals surface area contributed by atoms with Crippen LogP contribution in [-0.4, -0.2) is 95.4 Å². The van der Waals surface area contributed by atoms with E-state index in [2.05, 4.69) is 44.5 Å². The van der Waals surface area contributed by atoms with Gasteiger partial charge in [0.15, 0.2) is 5.96 Å². The minimum atomic E-state index is 0. The number of ether oxygens (including phenoxy) is 2. The van der Waals surface area contributed by atoms with Crippen molar-refractivity contribution >= 4 is 35.8 Å². The molecule has 0 saturated carbocycles. The number of methoxy groups -OCH3 is 2. The lowest BCUT2D eigenvalue weighted by molar-refractivity contribution is -0.122. The molecule has 1 saturated heterocycles. The van der Waals surface area contributed by atoms with E-state index in [4.69, 9.17) is 9.47 Å². The van der Waals surface area contributed by atoms with Gasteiger partial charge in [-0.1, -0.05) is 19.1 Å². The topological polar surface area (TPSA) is 78.4 Å². The highest BCUT2D eigenvalue weighted by Gasteiger charge is 2.21. The van der Waals surface area contributed by atoms with E-state index in [9.17, 15) is 4.79 Å². The minimum Gasteiger partial charge on any atom is -0.497 e. The Kier molecular flexibility index (Phi) is 13.5. The number of halogens is 1. The number of nitrogens with one attached hydrogen (secondary N) is 2. The molecule has 2 N–H and O–H groups in total. The summed E-state index contributed by atoms with van der Waals surface area (Å²) in [6.45, 7) is 8.05. The van der Waals surface area contributed by atoms with Gasteiger partial charge in [0.25, 0.3) is 0 Å². The van der Waals surface area contributed by atoms with Crippen LogP contribution in [0.5, 0.6) is 5.75 Å². The molecule has 1 heterocycles. The van der Waals surface area contributed by atoms with Crippen molar-refractivity contribution in [1.82, 2.24) is 20.4 Å². The number of aliphatic imine (C=N–C) groups is 1. The molecule has 0 radical (unpaired) electrons. The Balaban J connectivity index is 0.00000480. The van der Waals surface area contributed by atoms with E-state index in [1.807, 2.05) is 19.2 Å². The summed E-state index contributed by atoms with van der Waals surface area (Å²) < 4.78 is 10.2. The zero-order valence-electron chi connectivity index (χ0n) is 19.2. The summed E-state index contributed by atoms with van der Waals surface area (Å²) in [6, 6.07) is 8.27. The number of piperazine rings is 1. The van der Waals surface area contributed by atoms with Gasteiger partial charge < -0.3 is 25.0 Å². The quantitative estimate of drug-likeness (QED) is 0.201. The molecule has 0 bridgehead atoms. The fourth-order valence-corrected chi connectivity index (χ4v) is 3.50. The summed E-state index contributed by atoms with van der Waals surface area (Å²) in [5.74, 6) is 2.32. The zero-order chi connectivity index (χ0) is 21.8. The Morgan fingerprint density at radius 2 is 1.77 bits per heavy atom. The van der Waals surface area contributed by atoms with Crippen LogP contribution >= 0.6 is 24.0 Å². The first-order valence-electron chi connectivity index (χ1n) is 10.6. The first-order valence-corrected chi connectivity index (χ1v) is 10.6. The summed E-state index contributed by atoms with van der Waals surface area (Å²) in [4.78, 5) is 20.8. The van der Waals surface area contributed by atoms with Gasteiger partial charge in [0, 0.05) is 53.4 Å². The minimum absolute atomic E-state index is 0. The van der Waals surface area contributed by atoms with Gasteiger partial charge in [-0.25, -0.2) is 0 Å². The maximum Gasteiger partial charge on any atom is 0.234 e. The molecular formula is C22H38IN5O3. The van der Waals surface area contributed by atoms with Gasteiger partial charge in [-0.3, -0.25) is 14.7 Å². The summed E-state index contributed by atoms with van der Waals surface area (Å²) in [5.41, 5.74) is 1.31. The van der Waals surface area contributed by atoms with E-state index in [-0.39, 0.29) is 29.9 Å². The summed E-state index contributed by atoms with van der Waals surface area (Å²) in [7, 11) is 5.14. The van der Waals surface area contributed by atoms with Gasteiger partial charge in [0.2, 0.25) is 5.91 Å². The molecule has 2 rings (SSSR count). The third-order valence-electron chi connectivity index (χ3n) is 5.42. The van der Waals surface area contributed by atoms with Crippen molar-refractivity contribution in [2.75, 3.05) is 73.7 Å². The third kappa shape index (κ3) is 9.61. The Bertz CT molecular complexity index is 664. The second-order valence-electron chi connectivity index (χ2n) is 7.54. The Morgan fingerprint density at radius 3 is 2.35 bits per heavy atom. The standard InChI is InChI=1S/C22H37N5O3.HI/c1-18(19-5-7-20(30-4)8-6-19)9-10-25-22(23-2)27-14-12-26(13-15-27)17-21(28)24-11-16-29-3;/h5-8,18H,9-17H2,1-4H3,(H,23,25)(H,24,28);1H. The van der Waals surface area contributed by atoms with Crippen LogP contribution in [0.4, 0.5) is 0 Å². The molecule has 9 heteroatoms. The molecule has 0 spiro atoms. The smallest absolute Gasteiger partial charge is 0.234 e. The fraction of sp³-hybridized carbons (Fsp3) is 0.636. The van der Waals surface area contributed by atoms with E-state index < -0.39 is 0 Å². The molecule has 0 aromatic heterocycles. The molecule has 0 aliphatic carbocycles. The molecule has 1 atom stereocenters. The van der Waals surface area contributed by atoms with Crippen molar-refractivity contribution in [3.63, 3.8) is 0 Å². The van der Waals surface area contributed by atoms with E-state index in [1.54, 1.807) is 14.2 Å². The van der Waals surface area contributed by atoms with Crippen molar-refractivity contribution in [3.05, 3.63) is 29.8 Å². The Labute approximate surface area is 203 Å². The number of guanidine groups is 1. The largest absolute Gasteiger partial charge is 0.497 e. The number of carbonyl (C=O) groups excluding carboxylic acids is 1. The van der Waals surface area contributed by atoms with E-state index in [0.717, 1.165) is 50.9 Å². The number of amides is 1. The maximum absolute atomic E-state index is 12.0. The lowest BCUT2D eigenvalue weighted by atomic mass is 9.98. The molecule has 1 amide bonds. The van der Waals surface area contributed by atoms with Crippen LogP contribution < -0.4 is 15.4 Å². The zero-order valence-corrected chi connectivity index (χ0v) is 21.6. The van der Waals surface area contributed by atoms with Crippen LogP contribution in [0.2, 0.25) is 0 Å². The summed E-state index contributed by atoms with van der Waals surface area (Å²) >= 11 is 0. The van der Waals surface area contributed by atoms with E-state index >= 15 is 0 Å². The number of benzene rings is 1. The van der Waals surface area contributed by atoms with E-state index in [0.29, 0.717) is 25.6 Å². The molecule has 8 nitrogen and oxygen atoms in total. The van der Waals surface area contributed by atoms with Gasteiger partial charge >= 0.3 is 0 Å². The van der Waals surface area contributed by atoms with Crippen LogP contribution in [0.1, 0.15) is 24.8 Å². The van der Waals surface area contributed by atoms with Crippen LogP contribution in [0.3, 0.4) is 0 Å². The van der Waals surface area contributed by atoms with Crippen molar-refractivity contribution < 1.29 is 14.3 Å². The average molecular weight is 547 g/mol. The Hall–Kier alpha value is -1.59. The fourth-order valence-electron chi connectivity index (χ4n) is 3.50. The summed E-state index contributed by atoms with van der Waals surface area (Å²) in [5, 5.41) is 6.36. The predicted molar refractivity (Wildman–Crippen MR) is 136 cm³/mol. The molecule has 1 aromatic rings. The summed E-state index contributed by atoms with van der Waals surface area (Å²) in [6.07, 6.45) is 1.02. The molecule has 1 aliphatic heterocycles. The highest BCUT2D eigenvalue weighted by Crippen LogP contribution is 2.21. The van der Waals surface area contributed by atoms with Crippen molar-refractivity contribution in [1.29, 1.82) is 0 Å². The number of rotatable bonds is 10. The Morgan fingerprint density at radius 1 is 1.10 bits per heavy atom. The highest BCUT2D eigenvalue weighted by molar-refractivity contribution is 14.0. The van der Waals surface area contributed by atoms with Crippen LogP contribution in [0.25, 0.3) is 0 Å². The first kappa shape index (κ1) is 27.4. The van der Waals surface area contributed by atoms with Crippen molar-refractivity contribution in [3.8, 4) is 5.75 Å². The van der Waals surface area contributed by atoms with E-state index in [1.165, 1.54) is 5.56 Å². The molecule has 1 fully saturated rings. The van der Waals surface area contributed by atoms with Gasteiger partial charge in [-0.15, -0.1) is 24.0 Å². The van der Waals surface area contributed by atoms with Crippen molar-refractivity contribution in [2.45, 2.75) is 19.3 Å². The van der Waals surface area contributed by atoms with Crippen LogP contribution in [0, 0.1) is 0 Å². The van der Waals surface area contributed by atoms with Gasteiger partial charge in [-0.05, 0) is 30.0 Å². The molecule has 31 heavy (non-hydrogen) atoms. The average Bonchev–Trinajstić information content (AvgIpc) is 2.77. The number of hydrogen-bond acceptors (Lipinski definition) is 5. The monoisotopic (exact) mass is 547 g/mol. The second-order valence-corrected chi connectivity index (χ2v) is 7.54. The van der Waals surface area contributed by atoms with Crippen LogP contribution in [0.15, 0.2) is 29.3 Å². The molecule has 1 aliphatic rings. The second kappa shape index (κ2) is 15.3. The molecule has 1 aromatic carbocycles. The third-order valence-corrected chi connectivity index (χ3v) is 5.42. The number of hydrogen-bond donors (Lipinski definition) is 2. The molecule has 176 valence electrons. The number of carbonyl (C=O) groups is 1. The van der Waals surface area contributed by atoms with Gasteiger partial charge in [0.1, 0.15) is 5.75 Å². The number of nitrogens with zero attached hydrogens (tertiary/aromatic N) is 3. The molecular weight excluding hydrogens is 509 g/mol. The van der Waals surface area contributed by atoms with Crippen molar-refractivity contribution in [2.24, 2.45) is 4.99 Å².